The number of aliphatic hydroxyl groups excluding tert-OH is 1. The second-order valence-electron chi connectivity index (χ2n) is 7.30. The number of benzene rings is 1. The minimum Gasteiger partial charge on any atom is -0.472 e. The van der Waals surface area contributed by atoms with E-state index in [9.17, 15) is 5.11 Å². The molecule has 2 N–H and O–H groups in total. The van der Waals surface area contributed by atoms with Gasteiger partial charge in [-0.05, 0) is 56.3 Å². The van der Waals surface area contributed by atoms with Gasteiger partial charge in [-0.15, -0.1) is 5.10 Å². The third-order valence-corrected chi connectivity index (χ3v) is 5.02. The molecule has 5 aromatic rings. The highest BCUT2D eigenvalue weighted by Crippen LogP contribution is 2.29. The number of hydrogen-bond acceptors (Lipinski definition) is 7. The van der Waals surface area contributed by atoms with Crippen molar-refractivity contribution < 1.29 is 9.52 Å². The van der Waals surface area contributed by atoms with Crippen molar-refractivity contribution in [3.05, 3.63) is 78.6 Å². The molecule has 0 amide bonds. The zero-order valence-electron chi connectivity index (χ0n) is 17.0. The van der Waals surface area contributed by atoms with Crippen molar-refractivity contribution in [3.8, 4) is 17.1 Å². The molecule has 31 heavy (non-hydrogen) atoms. The molecule has 8 heteroatoms. The molecule has 0 saturated carbocycles. The SMILES string of the molecule is Cc1ccc(Nc2ccc3c(c2)ncn3-c2ccc(C(C)O)c(-c3ccoc3)n2)nn1. The van der Waals surface area contributed by atoms with Crippen LogP contribution in [0.4, 0.5) is 11.5 Å². The molecule has 1 unspecified atom stereocenters. The molecule has 0 aliphatic rings. The second kappa shape index (κ2) is 7.66. The summed E-state index contributed by atoms with van der Waals surface area (Å²) < 4.78 is 7.13. The summed E-state index contributed by atoms with van der Waals surface area (Å²) in [6.45, 7) is 3.62. The number of imidazole rings is 1. The van der Waals surface area contributed by atoms with Crippen LogP contribution in [0.5, 0.6) is 0 Å². The molecule has 154 valence electrons. The van der Waals surface area contributed by atoms with Crippen LogP contribution in [0.25, 0.3) is 28.1 Å². The number of hydrogen-bond donors (Lipinski definition) is 2. The topological polar surface area (TPSA) is 102 Å². The lowest BCUT2D eigenvalue weighted by Crippen LogP contribution is -2.02. The molecule has 1 atom stereocenters. The highest BCUT2D eigenvalue weighted by molar-refractivity contribution is 5.82. The van der Waals surface area contributed by atoms with Crippen molar-refractivity contribution in [2.24, 2.45) is 0 Å². The van der Waals surface area contributed by atoms with Crippen LogP contribution in [0.1, 0.15) is 24.3 Å². The van der Waals surface area contributed by atoms with Crippen LogP contribution < -0.4 is 5.32 Å². The zero-order chi connectivity index (χ0) is 21.4. The molecule has 4 aromatic heterocycles. The van der Waals surface area contributed by atoms with Gasteiger partial charge in [-0.2, -0.15) is 5.10 Å². The predicted molar refractivity (Wildman–Crippen MR) is 117 cm³/mol. The van der Waals surface area contributed by atoms with Crippen molar-refractivity contribution in [3.63, 3.8) is 0 Å². The molecule has 0 saturated heterocycles. The molecule has 0 radical (unpaired) electrons. The second-order valence-corrected chi connectivity index (χ2v) is 7.30. The van der Waals surface area contributed by atoms with E-state index in [1.807, 2.05) is 60.0 Å². The maximum atomic E-state index is 10.2. The highest BCUT2D eigenvalue weighted by atomic mass is 16.3. The maximum absolute atomic E-state index is 10.2. The van der Waals surface area contributed by atoms with Gasteiger partial charge in [-0.1, -0.05) is 6.07 Å². The van der Waals surface area contributed by atoms with Gasteiger partial charge in [0.25, 0.3) is 0 Å². The van der Waals surface area contributed by atoms with E-state index in [-0.39, 0.29) is 0 Å². The van der Waals surface area contributed by atoms with E-state index < -0.39 is 6.10 Å². The first-order valence-electron chi connectivity index (χ1n) is 9.85. The van der Waals surface area contributed by atoms with Gasteiger partial charge in [0.05, 0.1) is 41.1 Å². The Labute approximate surface area is 178 Å². The molecule has 0 aliphatic carbocycles. The molecular weight excluding hydrogens is 392 g/mol. The Morgan fingerprint density at radius 3 is 2.71 bits per heavy atom. The number of pyridine rings is 1. The Bertz CT molecular complexity index is 1340. The number of aryl methyl sites for hydroxylation is 1. The first-order chi connectivity index (χ1) is 15.1. The van der Waals surface area contributed by atoms with Crippen LogP contribution in [0, 0.1) is 6.92 Å². The fourth-order valence-corrected chi connectivity index (χ4v) is 3.45. The summed E-state index contributed by atoms with van der Waals surface area (Å²) >= 11 is 0. The van der Waals surface area contributed by atoms with Gasteiger partial charge >= 0.3 is 0 Å². The largest absolute Gasteiger partial charge is 0.472 e. The van der Waals surface area contributed by atoms with Gasteiger partial charge in [-0.3, -0.25) is 4.57 Å². The molecule has 0 aliphatic heterocycles. The number of furan rings is 1. The van der Waals surface area contributed by atoms with Crippen molar-refractivity contribution in [1.29, 1.82) is 0 Å². The van der Waals surface area contributed by atoms with E-state index in [1.165, 1.54) is 0 Å². The Morgan fingerprint density at radius 2 is 1.97 bits per heavy atom. The fourth-order valence-electron chi connectivity index (χ4n) is 3.45. The number of nitrogens with one attached hydrogen (secondary N) is 1. The van der Waals surface area contributed by atoms with Crippen molar-refractivity contribution >= 4 is 22.5 Å². The van der Waals surface area contributed by atoms with E-state index in [0.29, 0.717) is 17.3 Å². The smallest absolute Gasteiger partial charge is 0.153 e. The van der Waals surface area contributed by atoms with Crippen molar-refractivity contribution in [2.45, 2.75) is 20.0 Å². The van der Waals surface area contributed by atoms with Gasteiger partial charge in [0.15, 0.2) is 5.82 Å². The average Bonchev–Trinajstić information content (AvgIpc) is 3.45. The summed E-state index contributed by atoms with van der Waals surface area (Å²) in [7, 11) is 0. The van der Waals surface area contributed by atoms with Gasteiger partial charge in [0, 0.05) is 16.8 Å². The summed E-state index contributed by atoms with van der Waals surface area (Å²) in [5, 5.41) is 21.6. The molecule has 5 rings (SSSR count). The number of aliphatic hydroxyl groups is 1. The van der Waals surface area contributed by atoms with Crippen LogP contribution in [0.15, 0.2) is 71.8 Å². The summed E-state index contributed by atoms with van der Waals surface area (Å²) in [6, 6.07) is 15.3. The normalized spacial score (nSPS) is 12.2. The molecule has 8 nitrogen and oxygen atoms in total. The third-order valence-electron chi connectivity index (χ3n) is 5.02. The Hall–Kier alpha value is -4.04. The van der Waals surface area contributed by atoms with Crippen LogP contribution in [-0.4, -0.2) is 29.8 Å². The van der Waals surface area contributed by atoms with Gasteiger partial charge in [-0.25, -0.2) is 9.97 Å². The highest BCUT2D eigenvalue weighted by Gasteiger charge is 2.15. The molecule has 0 fully saturated rings. The van der Waals surface area contributed by atoms with E-state index in [2.05, 4.69) is 20.5 Å². The molecule has 0 spiro atoms. The first-order valence-corrected chi connectivity index (χ1v) is 9.85. The summed E-state index contributed by atoms with van der Waals surface area (Å²) in [6.07, 6.45) is 4.30. The fraction of sp³-hybridized carbons (Fsp3) is 0.130. The summed E-state index contributed by atoms with van der Waals surface area (Å²) in [4.78, 5) is 9.34. The lowest BCUT2D eigenvalue weighted by Gasteiger charge is -2.13. The van der Waals surface area contributed by atoms with Crippen LogP contribution in [0.3, 0.4) is 0 Å². The lowest BCUT2D eigenvalue weighted by molar-refractivity contribution is 0.199. The minimum atomic E-state index is -0.649. The van der Waals surface area contributed by atoms with E-state index in [0.717, 1.165) is 33.5 Å². The number of aromatic nitrogens is 5. The third kappa shape index (κ3) is 3.64. The first kappa shape index (κ1) is 19.0. The van der Waals surface area contributed by atoms with Crippen molar-refractivity contribution in [1.82, 2.24) is 24.7 Å². The number of anilines is 2. The lowest BCUT2D eigenvalue weighted by atomic mass is 10.0. The Morgan fingerprint density at radius 1 is 1.06 bits per heavy atom. The molecule has 1 aromatic carbocycles. The van der Waals surface area contributed by atoms with Crippen LogP contribution in [-0.2, 0) is 0 Å². The Balaban J connectivity index is 1.52. The van der Waals surface area contributed by atoms with Gasteiger partial charge in [0.1, 0.15) is 12.1 Å². The molecule has 0 bridgehead atoms. The van der Waals surface area contributed by atoms with Gasteiger partial charge < -0.3 is 14.8 Å². The molecular formula is C23H20N6O2. The molecule has 4 heterocycles. The van der Waals surface area contributed by atoms with E-state index >= 15 is 0 Å². The van der Waals surface area contributed by atoms with E-state index in [4.69, 9.17) is 9.40 Å². The van der Waals surface area contributed by atoms with Gasteiger partial charge in [0.2, 0.25) is 0 Å². The Kier molecular flexibility index (Phi) is 4.68. The summed E-state index contributed by atoms with van der Waals surface area (Å²) in [5.41, 5.74) is 5.69. The predicted octanol–water partition coefficient (Wildman–Crippen LogP) is 4.58. The minimum absolute atomic E-state index is 0.649. The van der Waals surface area contributed by atoms with Crippen molar-refractivity contribution in [2.75, 3.05) is 5.32 Å². The monoisotopic (exact) mass is 412 g/mol. The standard InChI is InChI=1S/C23H20N6O2/c1-14-3-7-21(28-27-14)25-17-4-6-20-19(11-17)24-13-29(20)22-8-5-18(15(2)30)23(26-22)16-9-10-31-12-16/h3-13,15,30H,1-2H3,(H,25,28). The zero-order valence-corrected chi connectivity index (χ0v) is 17.0. The summed E-state index contributed by atoms with van der Waals surface area (Å²) in [5.74, 6) is 1.37. The average molecular weight is 412 g/mol. The quantitative estimate of drug-likeness (QED) is 0.436. The van der Waals surface area contributed by atoms with Crippen LogP contribution in [0.2, 0.25) is 0 Å². The van der Waals surface area contributed by atoms with E-state index in [1.54, 1.807) is 25.8 Å². The number of nitrogens with zero attached hydrogens (tertiary/aromatic N) is 5. The number of rotatable bonds is 5. The maximum Gasteiger partial charge on any atom is 0.153 e. The van der Waals surface area contributed by atoms with Crippen LogP contribution >= 0.6 is 0 Å². The number of fused-ring (bicyclic) bond motifs is 1.